The summed E-state index contributed by atoms with van der Waals surface area (Å²) < 4.78 is 28.5. The molecule has 0 heterocycles. The summed E-state index contributed by atoms with van der Waals surface area (Å²) in [5.74, 6) is -0.806. The molecule has 0 bridgehead atoms. The van der Waals surface area contributed by atoms with Crippen LogP contribution in [-0.2, 0) is 11.3 Å². The minimum Gasteiger partial charge on any atom is -0.481 e. The fraction of sp³-hybridized carbons (Fsp3) is 0.364. The first kappa shape index (κ1) is 13.4. The Morgan fingerprint density at radius 3 is 2.76 bits per heavy atom. The van der Waals surface area contributed by atoms with Gasteiger partial charge in [-0.05, 0) is 6.07 Å². The molecule has 0 saturated carbocycles. The SMILES string of the molecule is O=C(O)CCNCc1ccccc1OC(F)F. The Hall–Kier alpha value is -1.69. The summed E-state index contributed by atoms with van der Waals surface area (Å²) in [6.07, 6.45) is -0.0160. The van der Waals surface area contributed by atoms with Crippen molar-refractivity contribution in [3.8, 4) is 5.75 Å². The third kappa shape index (κ3) is 5.26. The number of para-hydroxylation sites is 1. The number of rotatable bonds is 7. The number of carboxylic acid groups (broad SMARTS) is 1. The number of carboxylic acids is 1. The molecule has 0 aliphatic carbocycles. The van der Waals surface area contributed by atoms with Crippen LogP contribution in [0.4, 0.5) is 8.78 Å². The van der Waals surface area contributed by atoms with Crippen molar-refractivity contribution in [3.05, 3.63) is 29.8 Å². The zero-order chi connectivity index (χ0) is 12.7. The van der Waals surface area contributed by atoms with Crippen molar-refractivity contribution < 1.29 is 23.4 Å². The van der Waals surface area contributed by atoms with Gasteiger partial charge in [0.25, 0.3) is 0 Å². The van der Waals surface area contributed by atoms with Crippen LogP contribution in [0.5, 0.6) is 5.75 Å². The fourth-order valence-corrected chi connectivity index (χ4v) is 1.28. The highest BCUT2D eigenvalue weighted by atomic mass is 19.3. The van der Waals surface area contributed by atoms with E-state index >= 15 is 0 Å². The Bertz CT molecular complexity index is 371. The van der Waals surface area contributed by atoms with E-state index in [4.69, 9.17) is 5.11 Å². The summed E-state index contributed by atoms with van der Waals surface area (Å²) in [7, 11) is 0. The van der Waals surface area contributed by atoms with Crippen LogP contribution in [0.1, 0.15) is 12.0 Å². The van der Waals surface area contributed by atoms with Gasteiger partial charge in [0.2, 0.25) is 0 Å². The van der Waals surface area contributed by atoms with Gasteiger partial charge in [-0.25, -0.2) is 0 Å². The number of ether oxygens (including phenoxy) is 1. The molecule has 0 radical (unpaired) electrons. The number of hydrogen-bond acceptors (Lipinski definition) is 3. The summed E-state index contributed by atoms with van der Waals surface area (Å²) in [6.45, 7) is -2.30. The molecular weight excluding hydrogens is 232 g/mol. The van der Waals surface area contributed by atoms with Gasteiger partial charge < -0.3 is 15.2 Å². The monoisotopic (exact) mass is 245 g/mol. The Morgan fingerprint density at radius 2 is 2.12 bits per heavy atom. The van der Waals surface area contributed by atoms with E-state index in [1.54, 1.807) is 18.2 Å². The molecule has 4 nitrogen and oxygen atoms in total. The van der Waals surface area contributed by atoms with E-state index in [2.05, 4.69) is 10.1 Å². The molecule has 0 amide bonds. The second-order valence-electron chi connectivity index (χ2n) is 3.31. The molecule has 1 rings (SSSR count). The van der Waals surface area contributed by atoms with E-state index in [1.807, 2.05) is 0 Å². The van der Waals surface area contributed by atoms with Crippen LogP contribution in [0.2, 0.25) is 0 Å². The summed E-state index contributed by atoms with van der Waals surface area (Å²) in [5, 5.41) is 11.3. The maximum absolute atomic E-state index is 12.1. The smallest absolute Gasteiger partial charge is 0.387 e. The van der Waals surface area contributed by atoms with Crippen LogP contribution >= 0.6 is 0 Å². The number of hydrogen-bond donors (Lipinski definition) is 2. The van der Waals surface area contributed by atoms with Crippen molar-refractivity contribution in [3.63, 3.8) is 0 Å². The molecule has 0 aromatic heterocycles. The minimum absolute atomic E-state index is 0.0160. The number of nitrogens with one attached hydrogen (secondary N) is 1. The summed E-state index contributed by atoms with van der Waals surface area (Å²) in [4.78, 5) is 10.3. The first-order valence-electron chi connectivity index (χ1n) is 5.05. The fourth-order valence-electron chi connectivity index (χ4n) is 1.28. The van der Waals surface area contributed by atoms with Crippen LogP contribution in [-0.4, -0.2) is 24.2 Å². The number of alkyl halides is 2. The van der Waals surface area contributed by atoms with E-state index in [9.17, 15) is 13.6 Å². The van der Waals surface area contributed by atoms with Gasteiger partial charge in [0.1, 0.15) is 5.75 Å². The van der Waals surface area contributed by atoms with E-state index in [0.29, 0.717) is 5.56 Å². The number of benzene rings is 1. The number of aliphatic carboxylic acids is 1. The van der Waals surface area contributed by atoms with E-state index < -0.39 is 12.6 Å². The first-order valence-corrected chi connectivity index (χ1v) is 5.05. The van der Waals surface area contributed by atoms with Gasteiger partial charge in [0, 0.05) is 18.7 Å². The summed E-state index contributed by atoms with van der Waals surface area (Å²) >= 11 is 0. The predicted octanol–water partition coefficient (Wildman–Crippen LogP) is 1.85. The van der Waals surface area contributed by atoms with Crippen molar-refractivity contribution in [2.45, 2.75) is 19.6 Å². The molecule has 17 heavy (non-hydrogen) atoms. The average Bonchev–Trinajstić information content (AvgIpc) is 2.25. The lowest BCUT2D eigenvalue weighted by Crippen LogP contribution is -2.18. The Labute approximate surface area is 97.2 Å². The molecule has 1 aromatic carbocycles. The van der Waals surface area contributed by atoms with Gasteiger partial charge >= 0.3 is 12.6 Å². The van der Waals surface area contributed by atoms with Crippen LogP contribution in [0, 0.1) is 0 Å². The zero-order valence-electron chi connectivity index (χ0n) is 9.03. The van der Waals surface area contributed by atoms with Gasteiger partial charge in [-0.2, -0.15) is 8.78 Å². The molecule has 94 valence electrons. The molecule has 2 N–H and O–H groups in total. The Balaban J connectivity index is 2.49. The maximum atomic E-state index is 12.1. The van der Waals surface area contributed by atoms with Crippen molar-refractivity contribution in [1.29, 1.82) is 0 Å². The molecule has 0 saturated heterocycles. The second kappa shape index (κ2) is 6.80. The first-order chi connectivity index (χ1) is 8.09. The molecule has 0 aliphatic rings. The van der Waals surface area contributed by atoms with E-state index in [1.165, 1.54) is 6.07 Å². The highest BCUT2D eigenvalue weighted by molar-refractivity contribution is 5.66. The van der Waals surface area contributed by atoms with Crippen LogP contribution < -0.4 is 10.1 Å². The van der Waals surface area contributed by atoms with E-state index in [0.717, 1.165) is 0 Å². The van der Waals surface area contributed by atoms with Gasteiger partial charge in [0.05, 0.1) is 6.42 Å². The minimum atomic E-state index is -2.87. The normalized spacial score (nSPS) is 10.5. The van der Waals surface area contributed by atoms with Crippen LogP contribution in [0.3, 0.4) is 0 Å². The van der Waals surface area contributed by atoms with Gasteiger partial charge in [0.15, 0.2) is 0 Å². The lowest BCUT2D eigenvalue weighted by atomic mass is 10.2. The third-order valence-electron chi connectivity index (χ3n) is 2.02. The standard InChI is InChI=1S/C11H13F2NO3/c12-11(13)17-9-4-2-1-3-8(9)7-14-6-5-10(15)16/h1-4,11,14H,5-7H2,(H,15,16). The molecule has 1 aromatic rings. The van der Waals surface area contributed by atoms with Crippen molar-refractivity contribution in [1.82, 2.24) is 5.32 Å². The predicted molar refractivity (Wildman–Crippen MR) is 57.0 cm³/mol. The molecule has 0 unspecified atom stereocenters. The van der Waals surface area contributed by atoms with Crippen LogP contribution in [0.15, 0.2) is 24.3 Å². The van der Waals surface area contributed by atoms with Crippen molar-refractivity contribution >= 4 is 5.97 Å². The largest absolute Gasteiger partial charge is 0.481 e. The molecule has 0 fully saturated rings. The van der Waals surface area contributed by atoms with Crippen molar-refractivity contribution in [2.75, 3.05) is 6.54 Å². The zero-order valence-corrected chi connectivity index (χ0v) is 9.03. The maximum Gasteiger partial charge on any atom is 0.387 e. The molecule has 0 aliphatic heterocycles. The molecule has 0 spiro atoms. The summed E-state index contributed by atoms with van der Waals surface area (Å²) in [6, 6.07) is 6.39. The third-order valence-corrected chi connectivity index (χ3v) is 2.02. The lowest BCUT2D eigenvalue weighted by molar-refractivity contribution is -0.136. The lowest BCUT2D eigenvalue weighted by Gasteiger charge is -2.10. The molecule has 0 atom stereocenters. The van der Waals surface area contributed by atoms with Gasteiger partial charge in [-0.3, -0.25) is 4.79 Å². The quantitative estimate of drug-likeness (QED) is 0.720. The van der Waals surface area contributed by atoms with Crippen LogP contribution in [0.25, 0.3) is 0 Å². The van der Waals surface area contributed by atoms with Crippen molar-refractivity contribution in [2.24, 2.45) is 0 Å². The van der Waals surface area contributed by atoms with E-state index in [-0.39, 0.29) is 25.3 Å². The van der Waals surface area contributed by atoms with Gasteiger partial charge in [-0.1, -0.05) is 18.2 Å². The Kier molecular flexibility index (Phi) is 5.35. The average molecular weight is 245 g/mol. The van der Waals surface area contributed by atoms with Gasteiger partial charge in [-0.15, -0.1) is 0 Å². The summed E-state index contributed by atoms with van der Waals surface area (Å²) in [5.41, 5.74) is 0.568. The number of carbonyl (C=O) groups is 1. The highest BCUT2D eigenvalue weighted by Crippen LogP contribution is 2.19. The molecule has 6 heteroatoms. The topological polar surface area (TPSA) is 58.6 Å². The highest BCUT2D eigenvalue weighted by Gasteiger charge is 2.08. The Morgan fingerprint density at radius 1 is 1.41 bits per heavy atom. The second-order valence-corrected chi connectivity index (χ2v) is 3.31. The molecular formula is C11H13F2NO3. The number of halogens is 2.